The first-order valence-corrected chi connectivity index (χ1v) is 11.8. The highest BCUT2D eigenvalue weighted by atomic mass is 79.9. The highest BCUT2D eigenvalue weighted by Crippen LogP contribution is 2.50. The predicted octanol–water partition coefficient (Wildman–Crippen LogP) is 7.01. The molecule has 1 atom stereocenters. The van der Waals surface area contributed by atoms with E-state index in [1.54, 1.807) is 0 Å². The minimum Gasteiger partial charge on any atom is -0.375 e. The van der Waals surface area contributed by atoms with Crippen molar-refractivity contribution in [3.05, 3.63) is 64.4 Å². The van der Waals surface area contributed by atoms with Crippen molar-refractivity contribution >= 4 is 15.9 Å². The number of rotatable bonds is 7. The average Bonchev–Trinajstić information content (AvgIpc) is 3.17. The second-order valence-corrected chi connectivity index (χ2v) is 9.76. The van der Waals surface area contributed by atoms with Crippen molar-refractivity contribution in [2.45, 2.75) is 81.6 Å². The molecule has 2 fully saturated rings. The van der Waals surface area contributed by atoms with E-state index in [2.05, 4.69) is 52.3 Å². The summed E-state index contributed by atoms with van der Waals surface area (Å²) >= 11 is 3.52. The molecule has 1 aliphatic heterocycles. The van der Waals surface area contributed by atoms with Gasteiger partial charge >= 0.3 is 0 Å². The topological polar surface area (TPSA) is 22.1 Å². The van der Waals surface area contributed by atoms with Gasteiger partial charge in [-0.15, -0.1) is 0 Å². The number of hydrogen-bond donors (Lipinski definition) is 0. The average molecular weight is 442 g/mol. The van der Waals surface area contributed by atoms with Gasteiger partial charge in [0.05, 0.1) is 5.60 Å². The minimum absolute atomic E-state index is 0.132. The van der Waals surface area contributed by atoms with E-state index in [9.17, 15) is 0 Å². The third-order valence-corrected chi connectivity index (χ3v) is 7.44. The molecular weight excluding hydrogens is 410 g/mol. The van der Waals surface area contributed by atoms with E-state index < -0.39 is 0 Å². The van der Waals surface area contributed by atoms with Gasteiger partial charge in [0.25, 0.3) is 0 Å². The number of halogens is 1. The van der Waals surface area contributed by atoms with Crippen LogP contribution >= 0.6 is 15.9 Å². The summed E-state index contributed by atoms with van der Waals surface area (Å²) in [6.45, 7) is 0.898. The number of ether oxygens (including phenoxy) is 1. The third kappa shape index (κ3) is 4.68. The Labute approximate surface area is 178 Å². The Morgan fingerprint density at radius 2 is 1.75 bits per heavy atom. The van der Waals surface area contributed by atoms with Gasteiger partial charge in [0.1, 0.15) is 0 Å². The van der Waals surface area contributed by atoms with E-state index in [-0.39, 0.29) is 11.0 Å². The summed E-state index contributed by atoms with van der Waals surface area (Å²) in [5.74, 6) is 0. The lowest BCUT2D eigenvalue weighted by Crippen LogP contribution is -2.46. The van der Waals surface area contributed by atoms with E-state index in [4.69, 9.17) is 9.72 Å². The van der Waals surface area contributed by atoms with Crippen molar-refractivity contribution in [1.29, 1.82) is 0 Å². The van der Waals surface area contributed by atoms with Crippen molar-refractivity contribution < 1.29 is 4.74 Å². The van der Waals surface area contributed by atoms with Crippen LogP contribution in [0.4, 0.5) is 0 Å². The zero-order valence-corrected chi connectivity index (χ0v) is 18.4. The monoisotopic (exact) mass is 441 g/mol. The molecule has 2 aliphatic rings. The molecule has 0 amide bonds. The lowest BCUT2D eigenvalue weighted by Gasteiger charge is -2.46. The maximum Gasteiger partial charge on any atom is 0.0691 e. The number of aromatic nitrogens is 1. The zero-order valence-electron chi connectivity index (χ0n) is 16.8. The van der Waals surface area contributed by atoms with Gasteiger partial charge in [-0.05, 0) is 74.8 Å². The Bertz CT molecular complexity index is 739. The lowest BCUT2D eigenvalue weighted by molar-refractivity contribution is -0.104. The van der Waals surface area contributed by atoms with E-state index in [1.165, 1.54) is 75.5 Å². The summed E-state index contributed by atoms with van der Waals surface area (Å²) < 4.78 is 7.53. The minimum atomic E-state index is 0.132. The van der Waals surface area contributed by atoms with Crippen molar-refractivity contribution in [2.75, 3.05) is 6.61 Å². The summed E-state index contributed by atoms with van der Waals surface area (Å²) in [5.41, 5.74) is 3.09. The maximum absolute atomic E-state index is 6.37. The van der Waals surface area contributed by atoms with Crippen molar-refractivity contribution in [3.63, 3.8) is 0 Å². The predicted molar refractivity (Wildman–Crippen MR) is 119 cm³/mol. The summed E-state index contributed by atoms with van der Waals surface area (Å²) in [5, 5.41) is 0. The van der Waals surface area contributed by atoms with Crippen LogP contribution < -0.4 is 0 Å². The summed E-state index contributed by atoms with van der Waals surface area (Å²) in [6, 6.07) is 15.2. The molecule has 0 unspecified atom stereocenters. The van der Waals surface area contributed by atoms with Crippen LogP contribution in [0.25, 0.3) is 0 Å². The molecule has 0 radical (unpaired) electrons. The van der Waals surface area contributed by atoms with E-state index in [0.717, 1.165) is 17.5 Å². The summed E-state index contributed by atoms with van der Waals surface area (Å²) in [6.07, 6.45) is 15.7. The van der Waals surface area contributed by atoms with Gasteiger partial charge in [-0.1, -0.05) is 59.8 Å². The first kappa shape index (κ1) is 20.1. The highest BCUT2D eigenvalue weighted by Gasteiger charge is 2.48. The number of nitrogens with zero attached hydrogens (tertiary/aromatic N) is 1. The molecule has 1 spiro atoms. The van der Waals surface area contributed by atoms with E-state index in [1.807, 2.05) is 12.3 Å². The Kier molecular flexibility index (Phi) is 6.52. The quantitative estimate of drug-likeness (QED) is 0.431. The molecule has 2 aromatic rings. The highest BCUT2D eigenvalue weighted by molar-refractivity contribution is 9.10. The number of unbranched alkanes of at least 4 members (excludes halogenated alkanes) is 2. The van der Waals surface area contributed by atoms with Crippen molar-refractivity contribution in [3.8, 4) is 0 Å². The molecule has 2 nitrogen and oxygen atoms in total. The number of pyridine rings is 1. The summed E-state index contributed by atoms with van der Waals surface area (Å²) in [7, 11) is 0. The van der Waals surface area contributed by atoms with Gasteiger partial charge in [-0.2, -0.15) is 0 Å². The second kappa shape index (κ2) is 9.09. The molecular formula is C25H32BrNO. The van der Waals surface area contributed by atoms with E-state index >= 15 is 0 Å². The standard InChI is InChI=1S/C25H32BrNO/c26-22-12-10-21(11-13-22)8-2-1-4-14-24(23-9-3-7-18-27-23)17-19-28-25(20-24)15-5-6-16-25/h3,7,9-13,18H,1-2,4-6,8,14-17,19-20H2/t24-/m1/s1. The first-order chi connectivity index (χ1) is 13.7. The van der Waals surface area contributed by atoms with Gasteiger partial charge in [-0.25, -0.2) is 0 Å². The van der Waals surface area contributed by atoms with Gasteiger partial charge in [0, 0.05) is 28.4 Å². The number of benzene rings is 1. The van der Waals surface area contributed by atoms with Gasteiger partial charge in [0.15, 0.2) is 0 Å². The molecule has 2 heterocycles. The van der Waals surface area contributed by atoms with Crippen LogP contribution in [0.5, 0.6) is 0 Å². The Morgan fingerprint density at radius 1 is 0.929 bits per heavy atom. The molecule has 0 N–H and O–H groups in total. The zero-order chi connectivity index (χ0) is 19.3. The molecule has 0 bridgehead atoms. The van der Waals surface area contributed by atoms with Gasteiger partial charge < -0.3 is 4.74 Å². The Balaban J connectivity index is 1.38. The van der Waals surface area contributed by atoms with Crippen LogP contribution in [0.2, 0.25) is 0 Å². The van der Waals surface area contributed by atoms with Gasteiger partial charge in [0.2, 0.25) is 0 Å². The SMILES string of the molecule is Brc1ccc(CCCCC[C@@]2(c3ccccn3)CCOC3(CCCC3)C2)cc1. The van der Waals surface area contributed by atoms with E-state index in [0.29, 0.717) is 0 Å². The molecule has 4 rings (SSSR count). The molecule has 1 saturated carbocycles. The van der Waals surface area contributed by atoms with Crippen LogP contribution in [0.1, 0.15) is 75.5 Å². The largest absolute Gasteiger partial charge is 0.375 e. The first-order valence-electron chi connectivity index (χ1n) is 11.0. The molecule has 28 heavy (non-hydrogen) atoms. The fraction of sp³-hybridized carbons (Fsp3) is 0.560. The third-order valence-electron chi connectivity index (χ3n) is 6.91. The number of hydrogen-bond acceptors (Lipinski definition) is 2. The van der Waals surface area contributed by atoms with Crippen LogP contribution in [-0.4, -0.2) is 17.2 Å². The molecule has 1 aliphatic carbocycles. The fourth-order valence-corrected chi connectivity index (χ4v) is 5.68. The van der Waals surface area contributed by atoms with Crippen LogP contribution in [-0.2, 0) is 16.6 Å². The normalized spacial score (nSPS) is 23.9. The fourth-order valence-electron chi connectivity index (χ4n) is 5.42. The maximum atomic E-state index is 6.37. The van der Waals surface area contributed by atoms with Crippen LogP contribution in [0, 0.1) is 0 Å². The summed E-state index contributed by atoms with van der Waals surface area (Å²) in [4.78, 5) is 4.82. The molecule has 1 saturated heterocycles. The Morgan fingerprint density at radius 3 is 2.50 bits per heavy atom. The molecule has 3 heteroatoms. The smallest absolute Gasteiger partial charge is 0.0691 e. The molecule has 1 aromatic carbocycles. The van der Waals surface area contributed by atoms with Gasteiger partial charge in [-0.3, -0.25) is 4.98 Å². The van der Waals surface area contributed by atoms with Crippen LogP contribution in [0.15, 0.2) is 53.1 Å². The van der Waals surface area contributed by atoms with Crippen molar-refractivity contribution in [1.82, 2.24) is 4.98 Å². The molecule has 1 aromatic heterocycles. The molecule has 150 valence electrons. The number of aryl methyl sites for hydroxylation is 1. The second-order valence-electron chi connectivity index (χ2n) is 8.85. The lowest BCUT2D eigenvalue weighted by atomic mass is 9.67. The Hall–Kier alpha value is -1.19. The van der Waals surface area contributed by atoms with Crippen LogP contribution in [0.3, 0.4) is 0 Å². The van der Waals surface area contributed by atoms with Crippen molar-refractivity contribution in [2.24, 2.45) is 0 Å².